The Labute approximate surface area is 138 Å². The Bertz CT molecular complexity index is 632. The fourth-order valence-corrected chi connectivity index (χ4v) is 2.55. The van der Waals surface area contributed by atoms with Crippen LogP contribution in [-0.4, -0.2) is 13.0 Å². The highest BCUT2D eigenvalue weighted by Crippen LogP contribution is 2.22. The van der Waals surface area contributed by atoms with E-state index in [1.165, 1.54) is 11.9 Å². The van der Waals surface area contributed by atoms with E-state index in [2.05, 4.69) is 10.0 Å². The van der Waals surface area contributed by atoms with Crippen molar-refractivity contribution in [3.05, 3.63) is 63.6 Å². The van der Waals surface area contributed by atoms with Crippen LogP contribution in [0, 0.1) is 0 Å². The third-order valence-electron chi connectivity index (χ3n) is 2.77. The number of hydrogen-bond donors (Lipinski definition) is 2. The second-order valence-corrected chi connectivity index (χ2v) is 6.16. The summed E-state index contributed by atoms with van der Waals surface area (Å²) in [5, 5.41) is 3.84. The van der Waals surface area contributed by atoms with Gasteiger partial charge in [0, 0.05) is 17.0 Å². The number of rotatable bonds is 5. The Balaban J connectivity index is 1.96. The van der Waals surface area contributed by atoms with Crippen molar-refractivity contribution in [2.75, 3.05) is 7.05 Å². The Morgan fingerprint density at radius 2 is 1.81 bits per heavy atom. The molecule has 0 atom stereocenters. The molecule has 0 fully saturated rings. The van der Waals surface area contributed by atoms with E-state index in [0.29, 0.717) is 22.2 Å². The number of nitrogens with one attached hydrogen (secondary N) is 2. The van der Waals surface area contributed by atoms with Crippen LogP contribution >= 0.6 is 35.1 Å². The smallest absolute Gasteiger partial charge is 0.251 e. The molecule has 0 unspecified atom stereocenters. The second kappa shape index (κ2) is 7.71. The van der Waals surface area contributed by atoms with Crippen LogP contribution in [0.2, 0.25) is 10.0 Å². The highest BCUT2D eigenvalue weighted by Gasteiger charge is 2.06. The molecule has 2 rings (SSSR count). The average molecular weight is 341 g/mol. The van der Waals surface area contributed by atoms with Gasteiger partial charge in [-0.15, -0.1) is 0 Å². The third kappa shape index (κ3) is 4.64. The molecular formula is C15H14Cl2N2OS. The van der Waals surface area contributed by atoms with Crippen molar-refractivity contribution in [3.63, 3.8) is 0 Å². The molecule has 0 radical (unpaired) electrons. The largest absolute Gasteiger partial charge is 0.348 e. The first-order chi connectivity index (χ1) is 10.1. The van der Waals surface area contributed by atoms with Crippen LogP contribution in [0.3, 0.4) is 0 Å². The predicted molar refractivity (Wildman–Crippen MR) is 89.0 cm³/mol. The molecule has 0 aliphatic rings. The van der Waals surface area contributed by atoms with Gasteiger partial charge in [-0.2, -0.15) is 0 Å². The molecule has 0 saturated carbocycles. The molecule has 2 N–H and O–H groups in total. The van der Waals surface area contributed by atoms with Crippen molar-refractivity contribution in [3.8, 4) is 0 Å². The first-order valence-corrected chi connectivity index (χ1v) is 7.83. The van der Waals surface area contributed by atoms with Crippen LogP contribution in [0.25, 0.3) is 0 Å². The number of carbonyl (C=O) groups excluding carboxylic acids is 1. The SMILES string of the molecule is CNSc1ccc(C(=O)NCc2ccc(Cl)c(Cl)c2)cc1. The van der Waals surface area contributed by atoms with Gasteiger partial charge in [0.1, 0.15) is 0 Å². The molecule has 0 heterocycles. The van der Waals surface area contributed by atoms with Crippen molar-refractivity contribution < 1.29 is 4.79 Å². The van der Waals surface area contributed by atoms with Crippen molar-refractivity contribution in [1.82, 2.24) is 10.0 Å². The van der Waals surface area contributed by atoms with Gasteiger partial charge in [0.2, 0.25) is 0 Å². The summed E-state index contributed by atoms with van der Waals surface area (Å²) in [7, 11) is 1.85. The number of halogens is 2. The third-order valence-corrected chi connectivity index (χ3v) is 4.22. The summed E-state index contributed by atoms with van der Waals surface area (Å²) in [5.74, 6) is -0.123. The van der Waals surface area contributed by atoms with Gasteiger partial charge in [0.15, 0.2) is 0 Å². The van der Waals surface area contributed by atoms with Crippen LogP contribution in [0.15, 0.2) is 47.4 Å². The Morgan fingerprint density at radius 1 is 1.10 bits per heavy atom. The topological polar surface area (TPSA) is 41.1 Å². The zero-order chi connectivity index (χ0) is 15.2. The predicted octanol–water partition coefficient (Wildman–Crippen LogP) is 4.15. The van der Waals surface area contributed by atoms with E-state index in [9.17, 15) is 4.79 Å². The average Bonchev–Trinajstić information content (AvgIpc) is 2.49. The van der Waals surface area contributed by atoms with Crippen LogP contribution in [0.5, 0.6) is 0 Å². The lowest BCUT2D eigenvalue weighted by Gasteiger charge is -2.07. The van der Waals surface area contributed by atoms with Crippen molar-refractivity contribution in [1.29, 1.82) is 0 Å². The van der Waals surface area contributed by atoms with Crippen molar-refractivity contribution in [2.45, 2.75) is 11.4 Å². The van der Waals surface area contributed by atoms with Gasteiger partial charge >= 0.3 is 0 Å². The van der Waals surface area contributed by atoms with Crippen molar-refractivity contribution in [2.24, 2.45) is 0 Å². The molecule has 0 aliphatic heterocycles. The minimum absolute atomic E-state index is 0.123. The standard InChI is InChI=1S/C15H14Cl2N2OS/c1-18-21-12-5-3-11(4-6-12)15(20)19-9-10-2-7-13(16)14(17)8-10/h2-8,18H,9H2,1H3,(H,19,20). The summed E-state index contributed by atoms with van der Waals surface area (Å²) in [6.07, 6.45) is 0. The van der Waals surface area contributed by atoms with Gasteiger partial charge in [-0.05, 0) is 61.0 Å². The molecule has 2 aromatic carbocycles. The Hall–Kier alpha value is -1.20. The minimum Gasteiger partial charge on any atom is -0.348 e. The van der Waals surface area contributed by atoms with E-state index in [-0.39, 0.29) is 5.91 Å². The van der Waals surface area contributed by atoms with Gasteiger partial charge < -0.3 is 5.32 Å². The maximum absolute atomic E-state index is 12.0. The molecule has 0 bridgehead atoms. The molecule has 2 aromatic rings. The van der Waals surface area contributed by atoms with Gasteiger partial charge in [-0.1, -0.05) is 29.3 Å². The van der Waals surface area contributed by atoms with Gasteiger partial charge in [0.05, 0.1) is 10.0 Å². The van der Waals surface area contributed by atoms with E-state index in [4.69, 9.17) is 23.2 Å². The lowest BCUT2D eigenvalue weighted by atomic mass is 10.2. The van der Waals surface area contributed by atoms with E-state index in [1.54, 1.807) is 24.3 Å². The monoisotopic (exact) mass is 340 g/mol. The summed E-state index contributed by atoms with van der Waals surface area (Å²) in [6.45, 7) is 0.405. The summed E-state index contributed by atoms with van der Waals surface area (Å²) in [6, 6.07) is 12.7. The van der Waals surface area contributed by atoms with Gasteiger partial charge in [-0.3, -0.25) is 9.52 Å². The molecule has 1 amide bonds. The quantitative estimate of drug-likeness (QED) is 0.803. The van der Waals surface area contributed by atoms with E-state index >= 15 is 0 Å². The molecule has 0 aromatic heterocycles. The molecule has 0 saturated heterocycles. The molecule has 6 heteroatoms. The Morgan fingerprint density at radius 3 is 2.43 bits per heavy atom. The zero-order valence-electron chi connectivity index (χ0n) is 11.3. The maximum Gasteiger partial charge on any atom is 0.251 e. The van der Waals surface area contributed by atoms with Crippen LogP contribution in [0.4, 0.5) is 0 Å². The van der Waals surface area contributed by atoms with E-state index in [0.717, 1.165) is 10.5 Å². The summed E-state index contributed by atoms with van der Waals surface area (Å²) in [5.41, 5.74) is 1.52. The van der Waals surface area contributed by atoms with Crippen LogP contribution < -0.4 is 10.0 Å². The highest BCUT2D eigenvalue weighted by atomic mass is 35.5. The molecule has 21 heavy (non-hydrogen) atoms. The van der Waals surface area contributed by atoms with E-state index in [1.807, 2.05) is 25.2 Å². The number of amides is 1. The normalized spacial score (nSPS) is 10.4. The van der Waals surface area contributed by atoms with Crippen LogP contribution in [-0.2, 0) is 6.54 Å². The van der Waals surface area contributed by atoms with E-state index < -0.39 is 0 Å². The molecular weight excluding hydrogens is 327 g/mol. The van der Waals surface area contributed by atoms with Crippen LogP contribution in [0.1, 0.15) is 15.9 Å². The molecule has 0 spiro atoms. The number of carbonyl (C=O) groups is 1. The molecule has 0 aliphatic carbocycles. The first-order valence-electron chi connectivity index (χ1n) is 6.26. The fourth-order valence-electron chi connectivity index (χ4n) is 1.73. The maximum atomic E-state index is 12.0. The first kappa shape index (κ1) is 16.2. The number of hydrogen-bond acceptors (Lipinski definition) is 3. The fraction of sp³-hybridized carbons (Fsp3) is 0.133. The Kier molecular flexibility index (Phi) is 5.94. The number of benzene rings is 2. The lowest BCUT2D eigenvalue weighted by Crippen LogP contribution is -2.22. The summed E-state index contributed by atoms with van der Waals surface area (Å²) in [4.78, 5) is 13.1. The lowest BCUT2D eigenvalue weighted by molar-refractivity contribution is 0.0951. The van der Waals surface area contributed by atoms with Gasteiger partial charge in [-0.25, -0.2) is 0 Å². The van der Waals surface area contributed by atoms with Gasteiger partial charge in [0.25, 0.3) is 5.91 Å². The summed E-state index contributed by atoms with van der Waals surface area (Å²) >= 11 is 13.3. The molecule has 3 nitrogen and oxygen atoms in total. The minimum atomic E-state index is -0.123. The van der Waals surface area contributed by atoms with Crippen molar-refractivity contribution >= 4 is 41.1 Å². The molecule has 110 valence electrons. The second-order valence-electron chi connectivity index (χ2n) is 4.26. The summed E-state index contributed by atoms with van der Waals surface area (Å²) < 4.78 is 2.98. The zero-order valence-corrected chi connectivity index (χ0v) is 13.6. The highest BCUT2D eigenvalue weighted by molar-refractivity contribution is 7.97.